The van der Waals surface area contributed by atoms with Crippen LogP contribution >= 0.6 is 0 Å². The standard InChI is InChI=1S/C10H12N4/c11-7-2-1-3-8-9(7)14(6-4-5-6)10(12)13-8/h1-3,6H,4-5,11H2,(H2,12,13). The number of para-hydroxylation sites is 1. The normalized spacial score (nSPS) is 16.3. The van der Waals surface area contributed by atoms with Gasteiger partial charge in [-0.2, -0.15) is 0 Å². The number of hydrogen-bond donors (Lipinski definition) is 2. The van der Waals surface area contributed by atoms with Gasteiger partial charge in [0.05, 0.1) is 16.7 Å². The molecule has 14 heavy (non-hydrogen) atoms. The Bertz CT molecular complexity index is 496. The molecule has 1 saturated carbocycles. The van der Waals surface area contributed by atoms with Crippen LogP contribution in [0.5, 0.6) is 0 Å². The molecule has 1 aliphatic carbocycles. The molecule has 1 aromatic carbocycles. The summed E-state index contributed by atoms with van der Waals surface area (Å²) in [4.78, 5) is 4.30. The number of aromatic nitrogens is 2. The van der Waals surface area contributed by atoms with Crippen LogP contribution in [-0.4, -0.2) is 9.55 Å². The Balaban J connectivity index is 2.39. The summed E-state index contributed by atoms with van der Waals surface area (Å²) in [6, 6.07) is 6.26. The summed E-state index contributed by atoms with van der Waals surface area (Å²) in [6.07, 6.45) is 2.37. The number of nitrogens with zero attached hydrogens (tertiary/aromatic N) is 2. The third kappa shape index (κ3) is 0.907. The number of rotatable bonds is 1. The van der Waals surface area contributed by atoms with E-state index in [1.165, 1.54) is 12.8 Å². The highest BCUT2D eigenvalue weighted by atomic mass is 15.2. The molecule has 1 fully saturated rings. The number of fused-ring (bicyclic) bond motifs is 1. The Labute approximate surface area is 81.5 Å². The van der Waals surface area contributed by atoms with Crippen LogP contribution in [-0.2, 0) is 0 Å². The van der Waals surface area contributed by atoms with Gasteiger partial charge in [-0.1, -0.05) is 6.07 Å². The van der Waals surface area contributed by atoms with E-state index in [0.29, 0.717) is 12.0 Å². The average molecular weight is 188 g/mol. The van der Waals surface area contributed by atoms with Crippen molar-refractivity contribution in [3.8, 4) is 0 Å². The summed E-state index contributed by atoms with van der Waals surface area (Å²) in [6.45, 7) is 0. The van der Waals surface area contributed by atoms with Crippen LogP contribution in [0.4, 0.5) is 11.6 Å². The van der Waals surface area contributed by atoms with Gasteiger partial charge in [-0.3, -0.25) is 0 Å². The number of benzene rings is 1. The first-order valence-electron chi connectivity index (χ1n) is 4.79. The maximum absolute atomic E-state index is 5.92. The molecule has 72 valence electrons. The fourth-order valence-electron chi connectivity index (χ4n) is 1.90. The van der Waals surface area contributed by atoms with Gasteiger partial charge in [0.2, 0.25) is 5.95 Å². The molecule has 0 saturated heterocycles. The van der Waals surface area contributed by atoms with Crippen molar-refractivity contribution in [2.75, 3.05) is 11.5 Å². The average Bonchev–Trinajstić information content (AvgIpc) is 2.90. The lowest BCUT2D eigenvalue weighted by molar-refractivity contribution is 0.779. The fourth-order valence-corrected chi connectivity index (χ4v) is 1.90. The molecule has 1 heterocycles. The highest BCUT2D eigenvalue weighted by molar-refractivity contribution is 5.89. The van der Waals surface area contributed by atoms with E-state index >= 15 is 0 Å². The third-order valence-electron chi connectivity index (χ3n) is 2.68. The first-order chi connectivity index (χ1) is 6.77. The predicted octanol–water partition coefficient (Wildman–Crippen LogP) is 1.54. The van der Waals surface area contributed by atoms with Crippen LogP contribution in [0.2, 0.25) is 0 Å². The summed E-state index contributed by atoms with van der Waals surface area (Å²) >= 11 is 0. The quantitative estimate of drug-likeness (QED) is 0.667. The Morgan fingerprint density at radius 1 is 1.29 bits per heavy atom. The lowest BCUT2D eigenvalue weighted by Gasteiger charge is -2.04. The topological polar surface area (TPSA) is 69.9 Å². The van der Waals surface area contributed by atoms with Crippen molar-refractivity contribution in [2.24, 2.45) is 0 Å². The molecule has 4 heteroatoms. The molecule has 0 bridgehead atoms. The Morgan fingerprint density at radius 2 is 2.07 bits per heavy atom. The third-order valence-corrected chi connectivity index (χ3v) is 2.68. The van der Waals surface area contributed by atoms with Gasteiger partial charge in [0, 0.05) is 6.04 Å². The van der Waals surface area contributed by atoms with E-state index in [-0.39, 0.29) is 0 Å². The van der Waals surface area contributed by atoms with Gasteiger partial charge in [-0.15, -0.1) is 0 Å². The molecule has 0 atom stereocenters. The molecule has 2 aromatic rings. The lowest BCUT2D eigenvalue weighted by atomic mass is 10.2. The molecule has 0 radical (unpaired) electrons. The van der Waals surface area contributed by atoms with Crippen LogP contribution < -0.4 is 11.5 Å². The van der Waals surface area contributed by atoms with Crippen molar-refractivity contribution in [1.29, 1.82) is 0 Å². The van der Waals surface area contributed by atoms with Gasteiger partial charge >= 0.3 is 0 Å². The van der Waals surface area contributed by atoms with E-state index in [9.17, 15) is 0 Å². The molecule has 1 aliphatic rings. The second kappa shape index (κ2) is 2.41. The van der Waals surface area contributed by atoms with E-state index in [2.05, 4.69) is 9.55 Å². The van der Waals surface area contributed by atoms with Crippen LogP contribution in [0, 0.1) is 0 Å². The van der Waals surface area contributed by atoms with Crippen LogP contribution in [0.1, 0.15) is 18.9 Å². The van der Waals surface area contributed by atoms with Crippen molar-refractivity contribution in [3.63, 3.8) is 0 Å². The maximum atomic E-state index is 5.92. The molecule has 0 amide bonds. The zero-order valence-corrected chi connectivity index (χ0v) is 7.77. The minimum atomic E-state index is 0.518. The molecule has 0 aliphatic heterocycles. The first-order valence-corrected chi connectivity index (χ1v) is 4.79. The van der Waals surface area contributed by atoms with E-state index in [1.807, 2.05) is 18.2 Å². The van der Waals surface area contributed by atoms with Gasteiger partial charge in [-0.25, -0.2) is 4.98 Å². The van der Waals surface area contributed by atoms with E-state index in [0.717, 1.165) is 16.7 Å². The van der Waals surface area contributed by atoms with Crippen LogP contribution in [0.15, 0.2) is 18.2 Å². The minimum absolute atomic E-state index is 0.518. The number of hydrogen-bond acceptors (Lipinski definition) is 3. The molecule has 3 rings (SSSR count). The number of nitrogens with two attached hydrogens (primary N) is 2. The summed E-state index contributed by atoms with van der Waals surface area (Å²) in [5.41, 5.74) is 14.4. The van der Waals surface area contributed by atoms with E-state index in [4.69, 9.17) is 11.5 Å². The van der Waals surface area contributed by atoms with Gasteiger partial charge in [0.1, 0.15) is 0 Å². The number of anilines is 2. The van der Waals surface area contributed by atoms with Crippen molar-refractivity contribution >= 4 is 22.7 Å². The second-order valence-electron chi connectivity index (χ2n) is 3.79. The Kier molecular flexibility index (Phi) is 1.32. The van der Waals surface area contributed by atoms with E-state index in [1.54, 1.807) is 0 Å². The van der Waals surface area contributed by atoms with Crippen molar-refractivity contribution in [2.45, 2.75) is 18.9 Å². The molecular formula is C10H12N4. The highest BCUT2D eigenvalue weighted by Crippen LogP contribution is 2.40. The molecule has 1 aromatic heterocycles. The molecule has 4 nitrogen and oxygen atoms in total. The van der Waals surface area contributed by atoms with Gasteiger partial charge in [-0.05, 0) is 25.0 Å². The zero-order valence-electron chi connectivity index (χ0n) is 7.77. The van der Waals surface area contributed by atoms with Crippen molar-refractivity contribution in [3.05, 3.63) is 18.2 Å². The van der Waals surface area contributed by atoms with E-state index < -0.39 is 0 Å². The predicted molar refractivity (Wildman–Crippen MR) is 56.8 cm³/mol. The number of imidazole rings is 1. The van der Waals surface area contributed by atoms with Crippen molar-refractivity contribution < 1.29 is 0 Å². The van der Waals surface area contributed by atoms with Crippen LogP contribution in [0.3, 0.4) is 0 Å². The van der Waals surface area contributed by atoms with Gasteiger partial charge < -0.3 is 16.0 Å². The van der Waals surface area contributed by atoms with Gasteiger partial charge in [0.25, 0.3) is 0 Å². The summed E-state index contributed by atoms with van der Waals surface area (Å²) in [7, 11) is 0. The Morgan fingerprint density at radius 3 is 2.79 bits per heavy atom. The monoisotopic (exact) mass is 188 g/mol. The van der Waals surface area contributed by atoms with Crippen molar-refractivity contribution in [1.82, 2.24) is 9.55 Å². The summed E-state index contributed by atoms with van der Waals surface area (Å²) in [5.74, 6) is 0.584. The van der Waals surface area contributed by atoms with Crippen LogP contribution in [0.25, 0.3) is 11.0 Å². The zero-order chi connectivity index (χ0) is 9.71. The minimum Gasteiger partial charge on any atom is -0.397 e. The molecule has 0 spiro atoms. The lowest BCUT2D eigenvalue weighted by Crippen LogP contribution is -2.01. The first kappa shape index (κ1) is 7.67. The smallest absolute Gasteiger partial charge is 0.201 e. The second-order valence-corrected chi connectivity index (χ2v) is 3.79. The summed E-state index contributed by atoms with van der Waals surface area (Å²) in [5, 5.41) is 0. The number of nitrogen functional groups attached to an aromatic ring is 2. The van der Waals surface area contributed by atoms with Gasteiger partial charge in [0.15, 0.2) is 0 Å². The largest absolute Gasteiger partial charge is 0.397 e. The molecule has 4 N–H and O–H groups in total. The Hall–Kier alpha value is -1.71. The molecular weight excluding hydrogens is 176 g/mol. The maximum Gasteiger partial charge on any atom is 0.201 e. The SMILES string of the molecule is Nc1cccc2nc(N)n(C3CC3)c12. The summed E-state index contributed by atoms with van der Waals surface area (Å²) < 4.78 is 2.06. The fraction of sp³-hybridized carbons (Fsp3) is 0.300. The molecule has 0 unspecified atom stereocenters. The highest BCUT2D eigenvalue weighted by Gasteiger charge is 2.28.